The van der Waals surface area contributed by atoms with Crippen LogP contribution in [0.1, 0.15) is 32.8 Å². The van der Waals surface area contributed by atoms with Gasteiger partial charge in [0.05, 0.1) is 6.04 Å². The predicted molar refractivity (Wildman–Crippen MR) is 90.5 cm³/mol. The zero-order valence-corrected chi connectivity index (χ0v) is 14.6. The van der Waals surface area contributed by atoms with E-state index < -0.39 is 29.7 Å². The summed E-state index contributed by atoms with van der Waals surface area (Å²) in [4.78, 5) is 28.8. The standard InChI is InChI=1S/C17H22N4O4/c1-17(2,3)25-16(23)21-10-13(19-20-18)9-14(21)15(22)24-11-12-7-5-4-6-8-12/h4-8,13-14H,9-11H2,1-3H3/t13?,14-/m1/s1. The fourth-order valence-corrected chi connectivity index (χ4v) is 2.54. The first-order valence-corrected chi connectivity index (χ1v) is 8.04. The lowest BCUT2D eigenvalue weighted by Crippen LogP contribution is -2.44. The first kappa shape index (κ1) is 18.6. The summed E-state index contributed by atoms with van der Waals surface area (Å²) in [6.07, 6.45) is -0.401. The second-order valence-electron chi connectivity index (χ2n) is 6.84. The Labute approximate surface area is 146 Å². The van der Waals surface area contributed by atoms with Crippen LogP contribution >= 0.6 is 0 Å². The quantitative estimate of drug-likeness (QED) is 0.360. The summed E-state index contributed by atoms with van der Waals surface area (Å²) in [5.74, 6) is -0.537. The van der Waals surface area contributed by atoms with Crippen molar-refractivity contribution in [2.45, 2.75) is 51.5 Å². The number of amides is 1. The molecule has 0 spiro atoms. The summed E-state index contributed by atoms with van der Waals surface area (Å²) in [5, 5.41) is 3.63. The molecule has 0 N–H and O–H groups in total. The molecule has 1 amide bonds. The van der Waals surface area contributed by atoms with Gasteiger partial charge in [0, 0.05) is 11.5 Å². The van der Waals surface area contributed by atoms with Gasteiger partial charge in [-0.3, -0.25) is 4.90 Å². The van der Waals surface area contributed by atoms with Crippen molar-refractivity contribution in [1.29, 1.82) is 0 Å². The van der Waals surface area contributed by atoms with Gasteiger partial charge in [-0.05, 0) is 38.3 Å². The molecular weight excluding hydrogens is 324 g/mol. The number of azide groups is 1. The van der Waals surface area contributed by atoms with Crippen LogP contribution in [0.25, 0.3) is 10.4 Å². The minimum Gasteiger partial charge on any atom is -0.459 e. The van der Waals surface area contributed by atoms with E-state index >= 15 is 0 Å². The fourth-order valence-electron chi connectivity index (χ4n) is 2.54. The normalized spacial score (nSPS) is 19.9. The Morgan fingerprint density at radius 3 is 2.60 bits per heavy atom. The Bertz CT molecular complexity index is 665. The fraction of sp³-hybridized carbons (Fsp3) is 0.529. The largest absolute Gasteiger partial charge is 0.459 e. The van der Waals surface area contributed by atoms with Crippen LogP contribution in [0.3, 0.4) is 0 Å². The topological polar surface area (TPSA) is 105 Å². The second kappa shape index (κ2) is 7.90. The van der Waals surface area contributed by atoms with Crippen molar-refractivity contribution in [2.75, 3.05) is 6.54 Å². The van der Waals surface area contributed by atoms with Gasteiger partial charge in [-0.2, -0.15) is 0 Å². The zero-order valence-electron chi connectivity index (χ0n) is 14.6. The third-order valence-electron chi connectivity index (χ3n) is 3.62. The number of likely N-dealkylation sites (tertiary alicyclic amines) is 1. The van der Waals surface area contributed by atoms with Gasteiger partial charge < -0.3 is 9.47 Å². The van der Waals surface area contributed by atoms with Gasteiger partial charge in [0.25, 0.3) is 0 Å². The third-order valence-corrected chi connectivity index (χ3v) is 3.62. The van der Waals surface area contributed by atoms with Crippen LogP contribution in [0.2, 0.25) is 0 Å². The van der Waals surface area contributed by atoms with E-state index in [1.165, 1.54) is 4.90 Å². The van der Waals surface area contributed by atoms with Gasteiger partial charge in [0.2, 0.25) is 0 Å². The number of ether oxygens (including phenoxy) is 2. The monoisotopic (exact) mass is 346 g/mol. The Hall–Kier alpha value is -2.73. The predicted octanol–water partition coefficient (Wildman–Crippen LogP) is 3.42. The molecule has 1 unspecified atom stereocenters. The molecule has 25 heavy (non-hydrogen) atoms. The van der Waals surface area contributed by atoms with Gasteiger partial charge >= 0.3 is 12.1 Å². The van der Waals surface area contributed by atoms with E-state index in [1.807, 2.05) is 30.3 Å². The van der Waals surface area contributed by atoms with E-state index in [-0.39, 0.29) is 19.6 Å². The van der Waals surface area contributed by atoms with Crippen molar-refractivity contribution in [3.63, 3.8) is 0 Å². The van der Waals surface area contributed by atoms with Crippen LogP contribution in [0.5, 0.6) is 0 Å². The van der Waals surface area contributed by atoms with Crippen LogP contribution in [0.4, 0.5) is 4.79 Å². The Morgan fingerprint density at radius 1 is 1.32 bits per heavy atom. The highest BCUT2D eigenvalue weighted by molar-refractivity contribution is 5.82. The van der Waals surface area contributed by atoms with E-state index in [1.54, 1.807) is 20.8 Å². The summed E-state index contributed by atoms with van der Waals surface area (Å²) in [6.45, 7) is 5.48. The van der Waals surface area contributed by atoms with E-state index in [4.69, 9.17) is 15.0 Å². The summed E-state index contributed by atoms with van der Waals surface area (Å²) < 4.78 is 10.7. The first-order valence-electron chi connectivity index (χ1n) is 8.04. The Morgan fingerprint density at radius 2 is 2.00 bits per heavy atom. The van der Waals surface area contributed by atoms with Crippen molar-refractivity contribution in [3.8, 4) is 0 Å². The van der Waals surface area contributed by atoms with Gasteiger partial charge in [-0.1, -0.05) is 35.4 Å². The summed E-state index contributed by atoms with van der Waals surface area (Å²) >= 11 is 0. The summed E-state index contributed by atoms with van der Waals surface area (Å²) in [7, 11) is 0. The maximum atomic E-state index is 12.4. The molecule has 1 aromatic carbocycles. The number of esters is 1. The number of carbonyl (C=O) groups excluding carboxylic acids is 2. The molecule has 0 aliphatic carbocycles. The summed E-state index contributed by atoms with van der Waals surface area (Å²) in [5.41, 5.74) is 8.79. The molecule has 1 aliphatic heterocycles. The van der Waals surface area contributed by atoms with Crippen molar-refractivity contribution < 1.29 is 19.1 Å². The molecule has 0 aromatic heterocycles. The highest BCUT2D eigenvalue weighted by Gasteiger charge is 2.42. The van der Waals surface area contributed by atoms with Crippen LogP contribution in [-0.2, 0) is 20.9 Å². The lowest BCUT2D eigenvalue weighted by Gasteiger charge is -2.27. The molecule has 8 nitrogen and oxygen atoms in total. The maximum Gasteiger partial charge on any atom is 0.411 e. The molecule has 8 heteroatoms. The third kappa shape index (κ3) is 5.39. The van der Waals surface area contributed by atoms with Crippen molar-refractivity contribution in [3.05, 3.63) is 46.3 Å². The van der Waals surface area contributed by atoms with Crippen LogP contribution in [0.15, 0.2) is 35.4 Å². The van der Waals surface area contributed by atoms with E-state index in [2.05, 4.69) is 10.0 Å². The SMILES string of the molecule is CC(C)(C)OC(=O)N1CC(N=[N+]=[N-])C[C@@H]1C(=O)OCc1ccccc1. The molecule has 1 heterocycles. The molecule has 0 saturated carbocycles. The zero-order chi connectivity index (χ0) is 18.4. The minimum absolute atomic E-state index is 0.116. The van der Waals surface area contributed by atoms with Crippen molar-refractivity contribution in [2.24, 2.45) is 5.11 Å². The molecule has 134 valence electrons. The van der Waals surface area contributed by atoms with Crippen molar-refractivity contribution in [1.82, 2.24) is 4.90 Å². The molecule has 2 rings (SSSR count). The van der Waals surface area contributed by atoms with E-state index in [0.29, 0.717) is 0 Å². The number of rotatable bonds is 4. The second-order valence-corrected chi connectivity index (χ2v) is 6.84. The Balaban J connectivity index is 2.06. The molecule has 2 atom stereocenters. The highest BCUT2D eigenvalue weighted by atomic mass is 16.6. The summed E-state index contributed by atoms with van der Waals surface area (Å²) in [6, 6.07) is 7.96. The van der Waals surface area contributed by atoms with E-state index in [9.17, 15) is 9.59 Å². The van der Waals surface area contributed by atoms with Crippen molar-refractivity contribution >= 4 is 12.1 Å². The minimum atomic E-state index is -0.825. The van der Waals surface area contributed by atoms with Gasteiger partial charge in [0.15, 0.2) is 0 Å². The Kier molecular flexibility index (Phi) is 5.88. The number of hydrogen-bond donors (Lipinski definition) is 0. The molecule has 1 fully saturated rings. The molecule has 0 radical (unpaired) electrons. The first-order chi connectivity index (χ1) is 11.8. The smallest absolute Gasteiger partial charge is 0.411 e. The average molecular weight is 346 g/mol. The molecule has 0 bridgehead atoms. The molecule has 1 saturated heterocycles. The number of hydrogen-bond acceptors (Lipinski definition) is 5. The van der Waals surface area contributed by atoms with Gasteiger partial charge in [-0.25, -0.2) is 9.59 Å². The number of nitrogens with zero attached hydrogens (tertiary/aromatic N) is 4. The van der Waals surface area contributed by atoms with E-state index in [0.717, 1.165) is 5.56 Å². The lowest BCUT2D eigenvalue weighted by atomic mass is 10.2. The highest BCUT2D eigenvalue weighted by Crippen LogP contribution is 2.24. The average Bonchev–Trinajstić information content (AvgIpc) is 2.97. The molecule has 1 aromatic rings. The lowest BCUT2D eigenvalue weighted by molar-refractivity contribution is -0.150. The van der Waals surface area contributed by atoms with Crippen LogP contribution in [0, 0.1) is 0 Å². The maximum absolute atomic E-state index is 12.4. The van der Waals surface area contributed by atoms with Gasteiger partial charge in [0.1, 0.15) is 18.2 Å². The van der Waals surface area contributed by atoms with Crippen LogP contribution in [-0.4, -0.2) is 41.2 Å². The number of carbonyl (C=O) groups is 2. The molecular formula is C17H22N4O4. The number of benzene rings is 1. The van der Waals surface area contributed by atoms with Gasteiger partial charge in [-0.15, -0.1) is 0 Å². The van der Waals surface area contributed by atoms with Crippen LogP contribution < -0.4 is 0 Å². The molecule has 1 aliphatic rings.